The van der Waals surface area contributed by atoms with Crippen LogP contribution in [0.2, 0.25) is 10.0 Å². The molecule has 0 radical (unpaired) electrons. The molecule has 0 spiro atoms. The highest BCUT2D eigenvalue weighted by molar-refractivity contribution is 6.36. The second-order valence-electron chi connectivity index (χ2n) is 4.72. The number of carbonyl (C=O) groups is 1. The van der Waals surface area contributed by atoms with Crippen molar-refractivity contribution in [2.45, 2.75) is 6.42 Å². The van der Waals surface area contributed by atoms with Crippen molar-refractivity contribution in [1.82, 2.24) is 4.90 Å². The van der Waals surface area contributed by atoms with E-state index >= 15 is 0 Å². The molecule has 1 aliphatic rings. The van der Waals surface area contributed by atoms with E-state index in [-0.39, 0.29) is 11.7 Å². The molecule has 3 nitrogen and oxygen atoms in total. The van der Waals surface area contributed by atoms with Crippen LogP contribution in [-0.4, -0.2) is 37.9 Å². The maximum atomic E-state index is 12.5. The summed E-state index contributed by atoms with van der Waals surface area (Å²) in [7, 11) is 3.90. The van der Waals surface area contributed by atoms with E-state index in [2.05, 4.69) is 0 Å². The van der Waals surface area contributed by atoms with Gasteiger partial charge < -0.3 is 9.64 Å². The molecule has 1 heterocycles. The molecule has 98 valence electrons. The average Bonchev–Trinajstić information content (AvgIpc) is 2.41. The lowest BCUT2D eigenvalue weighted by Crippen LogP contribution is -2.28. The first-order chi connectivity index (χ1) is 8.49. The van der Waals surface area contributed by atoms with Gasteiger partial charge in [0, 0.05) is 17.5 Å². The molecule has 1 aliphatic heterocycles. The zero-order valence-electron chi connectivity index (χ0n) is 10.4. The number of nitrogens with zero attached hydrogens (tertiary/aromatic N) is 1. The number of halogens is 2. The predicted octanol–water partition coefficient (Wildman–Crippen LogP) is 3.14. The first kappa shape index (κ1) is 13.7. The fourth-order valence-corrected chi connectivity index (χ4v) is 2.71. The number of benzene rings is 1. The molecule has 0 aromatic heterocycles. The van der Waals surface area contributed by atoms with E-state index in [1.54, 1.807) is 12.1 Å². The summed E-state index contributed by atoms with van der Waals surface area (Å²) in [5, 5.41) is 0.859. The number of hydrogen-bond donors (Lipinski definition) is 0. The second kappa shape index (κ2) is 5.47. The van der Waals surface area contributed by atoms with Gasteiger partial charge >= 0.3 is 0 Å². The lowest BCUT2D eigenvalue weighted by molar-refractivity contribution is 0.0891. The van der Waals surface area contributed by atoms with Crippen molar-refractivity contribution in [3.05, 3.63) is 27.7 Å². The van der Waals surface area contributed by atoms with Crippen LogP contribution < -0.4 is 4.74 Å². The van der Waals surface area contributed by atoms with E-state index in [1.165, 1.54) is 0 Å². The van der Waals surface area contributed by atoms with Gasteiger partial charge in [0.2, 0.25) is 0 Å². The summed E-state index contributed by atoms with van der Waals surface area (Å²) in [5.74, 6) is 0.448. The van der Waals surface area contributed by atoms with Crippen molar-refractivity contribution in [3.8, 4) is 5.75 Å². The first-order valence-corrected chi connectivity index (χ1v) is 6.55. The monoisotopic (exact) mass is 287 g/mol. The molecule has 0 fully saturated rings. The largest absolute Gasteiger partial charge is 0.491 e. The first-order valence-electron chi connectivity index (χ1n) is 5.80. The quantitative estimate of drug-likeness (QED) is 0.837. The maximum Gasteiger partial charge on any atom is 0.171 e. The Morgan fingerprint density at radius 2 is 2.11 bits per heavy atom. The van der Waals surface area contributed by atoms with Gasteiger partial charge in [-0.1, -0.05) is 23.2 Å². The number of hydrogen-bond acceptors (Lipinski definition) is 3. The number of ether oxygens (including phenoxy) is 1. The highest BCUT2D eigenvalue weighted by Gasteiger charge is 2.28. The van der Waals surface area contributed by atoms with Gasteiger partial charge in [-0.3, -0.25) is 4.79 Å². The standard InChI is InChI=1S/C13H15Cl2NO2/c1-16(2)7-8-3-4-18-13-10(12(8)17)5-9(14)6-11(13)15/h5-6,8H,3-4,7H2,1-2H3. The summed E-state index contributed by atoms with van der Waals surface area (Å²) in [5.41, 5.74) is 0.497. The third-order valence-electron chi connectivity index (χ3n) is 2.94. The molecule has 0 aliphatic carbocycles. The fourth-order valence-electron chi connectivity index (χ4n) is 2.16. The Labute approximate surface area is 117 Å². The Balaban J connectivity index is 2.39. The van der Waals surface area contributed by atoms with Gasteiger partial charge in [-0.25, -0.2) is 0 Å². The van der Waals surface area contributed by atoms with Crippen molar-refractivity contribution in [2.75, 3.05) is 27.2 Å². The number of ketones is 1. The third-order valence-corrected chi connectivity index (χ3v) is 3.44. The molecule has 0 bridgehead atoms. The van der Waals surface area contributed by atoms with Gasteiger partial charge in [0.1, 0.15) is 5.75 Å². The van der Waals surface area contributed by atoms with E-state index in [0.717, 1.165) is 0 Å². The van der Waals surface area contributed by atoms with Gasteiger partial charge in [0.05, 0.1) is 17.2 Å². The van der Waals surface area contributed by atoms with Crippen molar-refractivity contribution < 1.29 is 9.53 Å². The zero-order chi connectivity index (χ0) is 13.3. The lowest BCUT2D eigenvalue weighted by Gasteiger charge is -2.17. The maximum absolute atomic E-state index is 12.5. The molecule has 0 N–H and O–H groups in total. The molecule has 5 heteroatoms. The summed E-state index contributed by atoms with van der Waals surface area (Å²) >= 11 is 12.0. The number of carbonyl (C=O) groups excluding carboxylic acids is 1. The minimum Gasteiger partial charge on any atom is -0.491 e. The number of Topliss-reactive ketones (excluding diaryl/α,β-unsaturated/α-hetero) is 1. The Kier molecular flexibility index (Phi) is 4.15. The number of rotatable bonds is 2. The minimum absolute atomic E-state index is 0.0561. The fraction of sp³-hybridized carbons (Fsp3) is 0.462. The highest BCUT2D eigenvalue weighted by atomic mass is 35.5. The van der Waals surface area contributed by atoms with Gasteiger partial charge in [-0.2, -0.15) is 0 Å². The topological polar surface area (TPSA) is 29.5 Å². The van der Waals surface area contributed by atoms with E-state index in [4.69, 9.17) is 27.9 Å². The van der Waals surface area contributed by atoms with Crippen LogP contribution in [0, 0.1) is 5.92 Å². The van der Waals surface area contributed by atoms with Gasteiger partial charge in [-0.15, -0.1) is 0 Å². The molecule has 0 saturated heterocycles. The van der Waals surface area contributed by atoms with Gasteiger partial charge in [-0.05, 0) is 32.6 Å². The van der Waals surface area contributed by atoms with Crippen molar-refractivity contribution >= 4 is 29.0 Å². The van der Waals surface area contributed by atoms with Gasteiger partial charge in [0.15, 0.2) is 5.78 Å². The van der Waals surface area contributed by atoms with Crippen LogP contribution in [0.1, 0.15) is 16.8 Å². The van der Waals surface area contributed by atoms with E-state index in [1.807, 2.05) is 19.0 Å². The second-order valence-corrected chi connectivity index (χ2v) is 5.57. The molecule has 2 rings (SSSR count). The van der Waals surface area contributed by atoms with Crippen LogP contribution >= 0.6 is 23.2 Å². The van der Waals surface area contributed by atoms with Crippen LogP contribution in [0.25, 0.3) is 0 Å². The Hall–Kier alpha value is -0.770. The summed E-state index contributed by atoms with van der Waals surface area (Å²) in [6.45, 7) is 1.20. The van der Waals surface area contributed by atoms with E-state index < -0.39 is 0 Å². The number of fused-ring (bicyclic) bond motifs is 1. The van der Waals surface area contributed by atoms with E-state index in [0.29, 0.717) is 40.9 Å². The Morgan fingerprint density at radius 1 is 1.39 bits per heavy atom. The smallest absolute Gasteiger partial charge is 0.171 e. The van der Waals surface area contributed by atoms with Crippen LogP contribution in [0.4, 0.5) is 0 Å². The summed E-state index contributed by atoms with van der Waals surface area (Å²) in [4.78, 5) is 14.5. The van der Waals surface area contributed by atoms with E-state index in [9.17, 15) is 4.79 Å². The normalized spacial score (nSPS) is 19.4. The molecule has 1 atom stereocenters. The lowest BCUT2D eigenvalue weighted by atomic mass is 9.95. The van der Waals surface area contributed by atoms with Crippen LogP contribution in [0.15, 0.2) is 12.1 Å². The molecule has 0 saturated carbocycles. The van der Waals surface area contributed by atoms with Crippen molar-refractivity contribution in [3.63, 3.8) is 0 Å². The van der Waals surface area contributed by atoms with Gasteiger partial charge in [0.25, 0.3) is 0 Å². The highest BCUT2D eigenvalue weighted by Crippen LogP contribution is 2.36. The SMILES string of the molecule is CN(C)CC1CCOc2c(Cl)cc(Cl)cc2C1=O. The molecule has 1 unspecified atom stereocenters. The molecule has 1 aromatic rings. The molecule has 0 amide bonds. The molecular weight excluding hydrogens is 273 g/mol. The minimum atomic E-state index is -0.0733. The Morgan fingerprint density at radius 3 is 2.78 bits per heavy atom. The van der Waals surface area contributed by atoms with Crippen LogP contribution in [0.3, 0.4) is 0 Å². The summed E-state index contributed by atoms with van der Waals surface area (Å²) in [6.07, 6.45) is 0.694. The summed E-state index contributed by atoms with van der Waals surface area (Å²) in [6, 6.07) is 3.24. The van der Waals surface area contributed by atoms with Crippen molar-refractivity contribution in [2.24, 2.45) is 5.92 Å². The molecule has 1 aromatic carbocycles. The zero-order valence-corrected chi connectivity index (χ0v) is 11.9. The average molecular weight is 288 g/mol. The van der Waals surface area contributed by atoms with Crippen molar-refractivity contribution in [1.29, 1.82) is 0 Å². The molecule has 18 heavy (non-hydrogen) atoms. The molecular formula is C13H15Cl2NO2. The predicted molar refractivity (Wildman–Crippen MR) is 72.9 cm³/mol. The summed E-state index contributed by atoms with van der Waals surface area (Å²) < 4.78 is 5.59. The van der Waals surface area contributed by atoms with Crippen LogP contribution in [-0.2, 0) is 0 Å². The van der Waals surface area contributed by atoms with Crippen LogP contribution in [0.5, 0.6) is 5.75 Å². The Bertz CT molecular complexity index is 474. The third kappa shape index (κ3) is 2.79.